The van der Waals surface area contributed by atoms with E-state index in [0.717, 1.165) is 11.1 Å². The quantitative estimate of drug-likeness (QED) is 0.0496. The lowest BCUT2D eigenvalue weighted by atomic mass is 9.42. The first-order valence-electron chi connectivity index (χ1n) is 29.5. The van der Waals surface area contributed by atoms with Crippen molar-refractivity contribution in [2.75, 3.05) is 41.7 Å². The zero-order valence-electron chi connectivity index (χ0n) is 49.8. The van der Waals surface area contributed by atoms with E-state index in [2.05, 4.69) is 27.7 Å². The Labute approximate surface area is 482 Å². The molecule has 81 heavy (non-hydrogen) atoms. The number of carbonyl (C=O) groups excluding carboxylic acids is 2. The van der Waals surface area contributed by atoms with Crippen LogP contribution in [0.25, 0.3) is 6.08 Å². The standard InChI is InChI=1S/C62H96O18.CH4/c1-35(2)56(80-54-29-46(70-11)45(37(4)75-54)34-73-52-30-47(71-12)55(65)38(5)76-52)42(33-69-10)27-36(3)74-57-39(6)77-53(31-48(57)72-13)78-44-22-23-58(8)43(28-44)21-24-61(67)49(58)32-50(79-51(64)20-19-41-17-15-14-16-18-41)59(9)60(66,40(7)63)25-26-62(59,61)68;/h14-21,35-39,42,44-50,52-57,65-68H,22-34H2,1-13H3;1H4/b20-19+;/t36-,37?,38+,39?,42-,44+,45-,46+,47?,48+,49-,50-,52-,53+,54?,55+,56-,57-,58+,59-,60?,61+,62-;/m1./s1. The van der Waals surface area contributed by atoms with Crippen LogP contribution in [-0.2, 0) is 66.4 Å². The fourth-order valence-electron chi connectivity index (χ4n) is 15.6. The number of hydrogen-bond donors (Lipinski definition) is 4. The summed E-state index contributed by atoms with van der Waals surface area (Å²) in [6, 6.07) is 9.33. The molecule has 18 nitrogen and oxygen atoms in total. The second kappa shape index (κ2) is 26.9. The molecule has 460 valence electrons. The van der Waals surface area contributed by atoms with E-state index in [-0.39, 0.29) is 99.7 Å². The minimum absolute atomic E-state index is 0. The van der Waals surface area contributed by atoms with E-state index in [1.807, 2.05) is 57.2 Å². The summed E-state index contributed by atoms with van der Waals surface area (Å²) in [6.07, 6.45) is 2.44. The predicted molar refractivity (Wildman–Crippen MR) is 301 cm³/mol. The summed E-state index contributed by atoms with van der Waals surface area (Å²) >= 11 is 0. The summed E-state index contributed by atoms with van der Waals surface area (Å²) in [5.74, 6) is -1.79. The molecule has 0 spiro atoms. The fraction of sp³-hybridized carbons (Fsp3) is 0.810. The number of aliphatic hydroxyl groups is 4. The molecule has 23 atom stereocenters. The molecule has 0 radical (unpaired) electrons. The smallest absolute Gasteiger partial charge is 0.331 e. The van der Waals surface area contributed by atoms with Crippen molar-refractivity contribution >= 4 is 17.8 Å². The minimum Gasteiger partial charge on any atom is -0.458 e. The Morgan fingerprint density at radius 1 is 0.802 bits per heavy atom. The van der Waals surface area contributed by atoms with E-state index in [0.29, 0.717) is 58.2 Å². The number of esters is 1. The highest BCUT2D eigenvalue weighted by Crippen LogP contribution is 2.71. The molecule has 4 N–H and O–H groups in total. The molecule has 7 aliphatic rings. The number of benzene rings is 1. The van der Waals surface area contributed by atoms with Gasteiger partial charge in [-0.2, -0.15) is 0 Å². The van der Waals surface area contributed by atoms with Crippen molar-refractivity contribution in [2.45, 2.75) is 249 Å². The molecule has 1 aromatic rings. The maximum absolute atomic E-state index is 13.6. The van der Waals surface area contributed by atoms with Crippen molar-refractivity contribution in [1.29, 1.82) is 0 Å². The van der Waals surface area contributed by atoms with E-state index < -0.39 is 88.6 Å². The summed E-state index contributed by atoms with van der Waals surface area (Å²) in [6.45, 7) is 18.0. The fourth-order valence-corrected chi connectivity index (χ4v) is 15.6. The summed E-state index contributed by atoms with van der Waals surface area (Å²) in [4.78, 5) is 27.0. The molecule has 18 heteroatoms. The van der Waals surface area contributed by atoms with Crippen LogP contribution in [0.1, 0.15) is 146 Å². The summed E-state index contributed by atoms with van der Waals surface area (Å²) in [5.41, 5.74) is -6.19. The van der Waals surface area contributed by atoms with Gasteiger partial charge in [0.1, 0.15) is 35.1 Å². The van der Waals surface area contributed by atoms with Gasteiger partial charge in [-0.1, -0.05) is 70.2 Å². The van der Waals surface area contributed by atoms with Gasteiger partial charge in [0.25, 0.3) is 0 Å². The Bertz CT molecular complexity index is 2280. The van der Waals surface area contributed by atoms with Gasteiger partial charge < -0.3 is 77.3 Å². The molecule has 0 bridgehead atoms. The average Bonchev–Trinajstić information content (AvgIpc) is 2.99. The second-order valence-corrected chi connectivity index (χ2v) is 25.2. The molecule has 3 heterocycles. The van der Waals surface area contributed by atoms with Gasteiger partial charge in [0.05, 0.1) is 73.6 Å². The maximum Gasteiger partial charge on any atom is 0.331 e. The van der Waals surface area contributed by atoms with Crippen LogP contribution in [-0.4, -0.2) is 183 Å². The van der Waals surface area contributed by atoms with Crippen molar-refractivity contribution in [2.24, 2.45) is 34.5 Å². The number of Topliss-reactive ketones (excluding diaryl/α,β-unsaturated/α-hetero) is 1. The first kappa shape index (κ1) is 65.8. The van der Waals surface area contributed by atoms with Gasteiger partial charge in [-0.15, -0.1) is 0 Å². The van der Waals surface area contributed by atoms with E-state index in [1.165, 1.54) is 13.0 Å². The van der Waals surface area contributed by atoms with E-state index in [9.17, 15) is 30.0 Å². The number of methoxy groups -OCH3 is 4. The highest BCUT2D eigenvalue weighted by Gasteiger charge is 2.81. The van der Waals surface area contributed by atoms with Crippen LogP contribution in [0.3, 0.4) is 0 Å². The topological polar surface area (TPSA) is 226 Å². The number of hydrogen-bond acceptors (Lipinski definition) is 18. The lowest BCUT2D eigenvalue weighted by molar-refractivity contribution is -0.315. The van der Waals surface area contributed by atoms with Gasteiger partial charge in [-0.25, -0.2) is 4.79 Å². The Morgan fingerprint density at radius 2 is 1.46 bits per heavy atom. The molecular weight excluding hydrogens is 1040 g/mol. The first-order valence-corrected chi connectivity index (χ1v) is 29.5. The van der Waals surface area contributed by atoms with Crippen LogP contribution in [0.15, 0.2) is 48.1 Å². The highest BCUT2D eigenvalue weighted by molar-refractivity contribution is 5.88. The van der Waals surface area contributed by atoms with Gasteiger partial charge in [-0.3, -0.25) is 4.79 Å². The predicted octanol–water partition coefficient (Wildman–Crippen LogP) is 7.67. The second-order valence-electron chi connectivity index (χ2n) is 25.2. The summed E-state index contributed by atoms with van der Waals surface area (Å²) < 4.78 is 75.6. The normalized spacial score (nSPS) is 42.6. The summed E-state index contributed by atoms with van der Waals surface area (Å²) in [7, 11) is 6.67. The Kier molecular flexibility index (Phi) is 21.8. The van der Waals surface area contributed by atoms with Crippen LogP contribution in [0.2, 0.25) is 0 Å². The average molecular weight is 1150 g/mol. The number of ketones is 1. The third-order valence-corrected chi connectivity index (χ3v) is 20.3. The number of fused-ring (bicyclic) bond motifs is 5. The van der Waals surface area contributed by atoms with Gasteiger partial charge in [0.2, 0.25) is 0 Å². The molecule has 3 saturated carbocycles. The maximum atomic E-state index is 13.6. The van der Waals surface area contributed by atoms with Crippen molar-refractivity contribution in [3.63, 3.8) is 0 Å². The van der Waals surface area contributed by atoms with E-state index in [4.69, 9.17) is 56.8 Å². The zero-order chi connectivity index (χ0) is 58.1. The van der Waals surface area contributed by atoms with Crippen molar-refractivity contribution in [3.8, 4) is 0 Å². The molecule has 5 unspecified atom stereocenters. The molecule has 1 aromatic carbocycles. The molecular formula is C63H100O18. The van der Waals surface area contributed by atoms with Crippen molar-refractivity contribution < 1.29 is 86.9 Å². The molecule has 6 fully saturated rings. The number of aliphatic hydroxyl groups excluding tert-OH is 1. The van der Waals surface area contributed by atoms with Gasteiger partial charge in [-0.05, 0) is 116 Å². The third-order valence-electron chi connectivity index (χ3n) is 20.3. The van der Waals surface area contributed by atoms with E-state index >= 15 is 0 Å². The Balaban J connectivity index is 0.00000946. The van der Waals surface area contributed by atoms with Gasteiger partial charge in [0.15, 0.2) is 24.7 Å². The molecule has 8 rings (SSSR count). The van der Waals surface area contributed by atoms with E-state index in [1.54, 1.807) is 41.4 Å². The number of ether oxygens (including phenoxy) is 12. The zero-order valence-corrected chi connectivity index (χ0v) is 49.8. The largest absolute Gasteiger partial charge is 0.458 e. The molecule has 3 saturated heterocycles. The molecule has 3 aliphatic heterocycles. The van der Waals surface area contributed by atoms with Gasteiger partial charge in [0, 0.05) is 71.5 Å². The van der Waals surface area contributed by atoms with Crippen LogP contribution < -0.4 is 0 Å². The lowest BCUT2D eigenvalue weighted by Crippen LogP contribution is -2.78. The molecule has 0 amide bonds. The van der Waals surface area contributed by atoms with Crippen LogP contribution in [0.4, 0.5) is 0 Å². The SMILES string of the molecule is C.COC[C@@H](C[C@@H](C)O[C@@H]1C(C)O[C@@H](O[C@H]2CC[C@@]3(C)C(=CC[C@]4(O)[C@@H]3C[C@@H](OC(=O)/C=C/c3ccccc3)[C@]3(C)C(O)(C(C)=O)CC[C@]43O)C2)C[C@@H]1OC)[C@H](OC1C[C@H](OC)[C@H](CO[C@H]2CC(OC)[C@@H](O)[C@H](C)O2)C(C)O1)C(C)C. The van der Waals surface area contributed by atoms with Crippen molar-refractivity contribution in [3.05, 3.63) is 53.6 Å². The van der Waals surface area contributed by atoms with Gasteiger partial charge >= 0.3 is 5.97 Å². The first-order chi connectivity index (χ1) is 37.9. The lowest BCUT2D eigenvalue weighted by Gasteiger charge is -2.67. The number of rotatable bonds is 22. The third kappa shape index (κ3) is 12.9. The Morgan fingerprint density at radius 3 is 2.11 bits per heavy atom. The van der Waals surface area contributed by atoms with Crippen LogP contribution in [0.5, 0.6) is 0 Å². The molecule has 4 aliphatic carbocycles. The molecule has 0 aromatic heterocycles. The minimum atomic E-state index is -2.04. The number of carbonyl (C=O) groups is 2. The van der Waals surface area contributed by atoms with Crippen LogP contribution in [0, 0.1) is 34.5 Å². The Hall–Kier alpha value is -2.76. The summed E-state index contributed by atoms with van der Waals surface area (Å²) in [5, 5.41) is 48.6. The van der Waals surface area contributed by atoms with Crippen LogP contribution >= 0.6 is 0 Å². The highest BCUT2D eigenvalue weighted by atomic mass is 16.7. The van der Waals surface area contributed by atoms with Crippen molar-refractivity contribution in [1.82, 2.24) is 0 Å². The monoisotopic (exact) mass is 1140 g/mol.